The van der Waals surface area contributed by atoms with Gasteiger partial charge in [-0.15, -0.1) is 0 Å². The summed E-state index contributed by atoms with van der Waals surface area (Å²) in [6.07, 6.45) is -0.216. The Bertz CT molecular complexity index is 1190. The molecule has 1 aliphatic heterocycles. The molecule has 2 aromatic carbocycles. The zero-order chi connectivity index (χ0) is 25.0. The zero-order valence-corrected chi connectivity index (χ0v) is 19.5. The van der Waals surface area contributed by atoms with Crippen LogP contribution in [0.25, 0.3) is 0 Å². The van der Waals surface area contributed by atoms with Crippen LogP contribution in [0.3, 0.4) is 0 Å². The van der Waals surface area contributed by atoms with Gasteiger partial charge in [0.1, 0.15) is 16.4 Å². The number of carbonyl (C=O) groups excluding carboxylic acids is 2. The molecule has 0 radical (unpaired) electrons. The molecule has 0 bridgehead atoms. The number of fused-ring (bicyclic) bond motifs is 1. The molecule has 3 rings (SSSR count). The second kappa shape index (κ2) is 10.3. The van der Waals surface area contributed by atoms with E-state index in [1.54, 1.807) is 0 Å². The van der Waals surface area contributed by atoms with Crippen molar-refractivity contribution in [1.29, 1.82) is 0 Å². The van der Waals surface area contributed by atoms with Crippen LogP contribution >= 0.6 is 0 Å². The third-order valence-corrected chi connectivity index (χ3v) is 7.34. The summed E-state index contributed by atoms with van der Waals surface area (Å²) in [7, 11) is -3.95. The Balaban J connectivity index is 1.56. The molecular formula is C22H29N5O6S. The van der Waals surface area contributed by atoms with Crippen molar-refractivity contribution in [1.82, 2.24) is 9.62 Å². The van der Waals surface area contributed by atoms with Gasteiger partial charge in [-0.1, -0.05) is 13.0 Å². The number of anilines is 1. The second-order valence-corrected chi connectivity index (χ2v) is 10.3. The molecule has 0 saturated heterocycles. The van der Waals surface area contributed by atoms with Crippen molar-refractivity contribution in [2.45, 2.75) is 37.4 Å². The first kappa shape index (κ1) is 25.3. The highest BCUT2D eigenvalue weighted by molar-refractivity contribution is 7.89. The SMILES string of the molecule is CC(CNC(=O)[C@@H](N)CC(N)=O)CNc1ccc2c(c1)CN(S(=O)(=O)c1ccc(O)cc1O)C2. The molecule has 184 valence electrons. The normalized spacial score (nSPS) is 15.4. The molecule has 1 unspecified atom stereocenters. The molecule has 0 saturated carbocycles. The molecule has 0 fully saturated rings. The number of nitrogens with one attached hydrogen (secondary N) is 2. The molecule has 0 spiro atoms. The number of phenolic OH excluding ortho intramolecular Hbond substituents is 2. The van der Waals surface area contributed by atoms with E-state index in [-0.39, 0.29) is 36.1 Å². The highest BCUT2D eigenvalue weighted by atomic mass is 32.2. The predicted molar refractivity (Wildman–Crippen MR) is 125 cm³/mol. The van der Waals surface area contributed by atoms with Gasteiger partial charge in [-0.25, -0.2) is 8.42 Å². The maximum Gasteiger partial charge on any atom is 0.247 e. The number of sulfonamides is 1. The monoisotopic (exact) mass is 491 g/mol. The zero-order valence-electron chi connectivity index (χ0n) is 18.7. The molecular weight excluding hydrogens is 462 g/mol. The smallest absolute Gasteiger partial charge is 0.247 e. The molecule has 12 heteroatoms. The lowest BCUT2D eigenvalue weighted by Gasteiger charge is -2.17. The summed E-state index contributed by atoms with van der Waals surface area (Å²) in [6.45, 7) is 3.14. The molecule has 1 heterocycles. The first-order valence-electron chi connectivity index (χ1n) is 10.7. The van der Waals surface area contributed by atoms with Crippen LogP contribution in [-0.2, 0) is 32.7 Å². The van der Waals surface area contributed by atoms with Gasteiger partial charge in [0, 0.05) is 37.9 Å². The van der Waals surface area contributed by atoms with Gasteiger partial charge >= 0.3 is 0 Å². The Hall–Kier alpha value is -3.35. The highest BCUT2D eigenvalue weighted by Gasteiger charge is 2.32. The Kier molecular flexibility index (Phi) is 7.64. The maximum atomic E-state index is 13.0. The first-order chi connectivity index (χ1) is 16.0. The van der Waals surface area contributed by atoms with Crippen molar-refractivity contribution in [3.8, 4) is 11.5 Å². The predicted octanol–water partition coefficient (Wildman–Crippen LogP) is 0.169. The molecule has 1 aliphatic rings. The minimum absolute atomic E-state index is 0.0485. The van der Waals surface area contributed by atoms with Crippen molar-refractivity contribution >= 4 is 27.5 Å². The summed E-state index contributed by atoms with van der Waals surface area (Å²) in [5.41, 5.74) is 13.2. The number of phenols is 2. The van der Waals surface area contributed by atoms with Gasteiger partial charge in [0.2, 0.25) is 21.8 Å². The van der Waals surface area contributed by atoms with Crippen LogP contribution in [0.2, 0.25) is 0 Å². The number of aromatic hydroxyl groups is 2. The van der Waals surface area contributed by atoms with Crippen LogP contribution in [-0.4, -0.2) is 53.9 Å². The first-order valence-corrected chi connectivity index (χ1v) is 12.1. The Morgan fingerprint density at radius 2 is 1.79 bits per heavy atom. The van der Waals surface area contributed by atoms with Crippen molar-refractivity contribution in [3.63, 3.8) is 0 Å². The Morgan fingerprint density at radius 3 is 2.47 bits per heavy atom. The molecule has 2 atom stereocenters. The number of carbonyl (C=O) groups is 2. The van der Waals surface area contributed by atoms with E-state index in [1.165, 1.54) is 16.4 Å². The number of hydrogen-bond donors (Lipinski definition) is 6. The lowest BCUT2D eigenvalue weighted by Crippen LogP contribution is -2.44. The van der Waals surface area contributed by atoms with Crippen LogP contribution in [0.4, 0.5) is 5.69 Å². The maximum absolute atomic E-state index is 13.0. The summed E-state index contributed by atoms with van der Waals surface area (Å²) in [5, 5.41) is 25.4. The fourth-order valence-corrected chi connectivity index (χ4v) is 5.05. The number of nitrogens with zero attached hydrogens (tertiary/aromatic N) is 1. The highest BCUT2D eigenvalue weighted by Crippen LogP contribution is 2.34. The molecule has 0 aromatic heterocycles. The van der Waals surface area contributed by atoms with Crippen molar-refractivity contribution in [2.75, 3.05) is 18.4 Å². The van der Waals surface area contributed by atoms with Crippen LogP contribution < -0.4 is 22.1 Å². The number of hydrogen-bond acceptors (Lipinski definition) is 8. The third-order valence-electron chi connectivity index (χ3n) is 5.50. The van der Waals surface area contributed by atoms with Gasteiger partial charge in [-0.2, -0.15) is 4.31 Å². The molecule has 11 nitrogen and oxygen atoms in total. The van der Waals surface area contributed by atoms with E-state index in [0.29, 0.717) is 13.1 Å². The average Bonchev–Trinajstić information content (AvgIpc) is 3.19. The van der Waals surface area contributed by atoms with E-state index in [1.807, 2.05) is 25.1 Å². The van der Waals surface area contributed by atoms with Crippen LogP contribution in [0.1, 0.15) is 24.5 Å². The van der Waals surface area contributed by atoms with Gasteiger partial charge in [-0.05, 0) is 41.3 Å². The van der Waals surface area contributed by atoms with E-state index in [4.69, 9.17) is 11.5 Å². The van der Waals surface area contributed by atoms with Gasteiger partial charge in [0.15, 0.2) is 0 Å². The molecule has 2 amide bonds. The topological polar surface area (TPSA) is 188 Å². The summed E-state index contributed by atoms with van der Waals surface area (Å²) in [4.78, 5) is 22.5. The average molecular weight is 492 g/mol. The lowest BCUT2D eigenvalue weighted by atomic mass is 10.1. The summed E-state index contributed by atoms with van der Waals surface area (Å²) >= 11 is 0. The third kappa shape index (κ3) is 5.95. The largest absolute Gasteiger partial charge is 0.508 e. The van der Waals surface area contributed by atoms with Crippen molar-refractivity contribution in [2.24, 2.45) is 17.4 Å². The molecule has 0 aliphatic carbocycles. The standard InChI is InChI=1S/C22H29N5O6S/c1-13(10-26-22(31)18(23)8-21(24)30)9-25-16-3-2-14-11-27(12-15(14)6-16)34(32,33)20-5-4-17(28)7-19(20)29/h2-7,13,18,25,28-29H,8-12,23H2,1H3,(H2,24,30)(H,26,31)/t13?,18-/m0/s1. The molecule has 2 aromatic rings. The summed E-state index contributed by atoms with van der Waals surface area (Å²) in [5.74, 6) is -1.76. The van der Waals surface area contributed by atoms with Crippen molar-refractivity contribution in [3.05, 3.63) is 47.5 Å². The Labute approximate surface area is 197 Å². The fraction of sp³-hybridized carbons (Fsp3) is 0.364. The van der Waals surface area contributed by atoms with Gasteiger partial charge < -0.3 is 32.3 Å². The minimum Gasteiger partial charge on any atom is -0.508 e. The fourth-order valence-electron chi connectivity index (χ4n) is 3.59. The lowest BCUT2D eigenvalue weighted by molar-refractivity contribution is -0.126. The minimum atomic E-state index is -3.95. The van der Waals surface area contributed by atoms with Crippen LogP contribution in [0.5, 0.6) is 11.5 Å². The van der Waals surface area contributed by atoms with E-state index >= 15 is 0 Å². The van der Waals surface area contributed by atoms with E-state index in [9.17, 15) is 28.2 Å². The number of nitrogens with two attached hydrogens (primary N) is 2. The van der Waals surface area contributed by atoms with E-state index in [2.05, 4.69) is 10.6 Å². The summed E-state index contributed by atoms with van der Waals surface area (Å²) < 4.78 is 27.2. The van der Waals surface area contributed by atoms with Crippen LogP contribution in [0, 0.1) is 5.92 Å². The second-order valence-electron chi connectivity index (χ2n) is 8.42. The number of rotatable bonds is 10. The number of amides is 2. The van der Waals surface area contributed by atoms with E-state index < -0.39 is 33.6 Å². The van der Waals surface area contributed by atoms with E-state index in [0.717, 1.165) is 22.9 Å². The Morgan fingerprint density at radius 1 is 1.09 bits per heavy atom. The molecule has 8 N–H and O–H groups in total. The van der Waals surface area contributed by atoms with Crippen LogP contribution in [0.15, 0.2) is 41.3 Å². The molecule has 34 heavy (non-hydrogen) atoms. The van der Waals surface area contributed by atoms with Gasteiger partial charge in [0.05, 0.1) is 12.5 Å². The van der Waals surface area contributed by atoms with Gasteiger partial charge in [-0.3, -0.25) is 9.59 Å². The summed E-state index contributed by atoms with van der Waals surface area (Å²) in [6, 6.07) is 7.98. The number of benzene rings is 2. The number of primary amides is 1. The van der Waals surface area contributed by atoms with Crippen molar-refractivity contribution < 1.29 is 28.2 Å². The quantitative estimate of drug-likeness (QED) is 0.271. The van der Waals surface area contributed by atoms with Gasteiger partial charge in [0.25, 0.3) is 0 Å².